The van der Waals surface area contributed by atoms with Crippen LogP contribution < -0.4 is 4.74 Å². The highest BCUT2D eigenvalue weighted by Gasteiger charge is 2.30. The number of benzene rings is 1. The van der Waals surface area contributed by atoms with Gasteiger partial charge in [-0.1, -0.05) is 19.1 Å². The van der Waals surface area contributed by atoms with E-state index in [0.29, 0.717) is 13.0 Å². The number of ether oxygens (including phenoxy) is 1. The molecule has 2 aromatic rings. The fourth-order valence-corrected chi connectivity index (χ4v) is 5.30. The van der Waals surface area contributed by atoms with E-state index in [4.69, 9.17) is 4.74 Å². The van der Waals surface area contributed by atoms with Gasteiger partial charge in [0.25, 0.3) is 0 Å². The molecule has 4 nitrogen and oxygen atoms in total. The van der Waals surface area contributed by atoms with Crippen LogP contribution in [-0.2, 0) is 9.84 Å². The third-order valence-corrected chi connectivity index (χ3v) is 6.41. The lowest BCUT2D eigenvalue weighted by Gasteiger charge is -2.08. The van der Waals surface area contributed by atoms with Crippen molar-refractivity contribution in [2.75, 3.05) is 18.1 Å². The Morgan fingerprint density at radius 3 is 2.91 bits per heavy atom. The number of nitrogens with zero attached hydrogens (tertiary/aromatic N) is 1. The van der Waals surface area contributed by atoms with Gasteiger partial charge in [-0.2, -0.15) is 0 Å². The van der Waals surface area contributed by atoms with Crippen molar-refractivity contribution in [3.05, 3.63) is 35.3 Å². The molecule has 1 aromatic heterocycles. The lowest BCUT2D eigenvalue weighted by molar-refractivity contribution is 0.318. The molecular formula is C16H19NO3S2. The smallest absolute Gasteiger partial charge is 0.151 e. The van der Waals surface area contributed by atoms with Crippen LogP contribution in [0.25, 0.3) is 10.6 Å². The molecule has 1 aliphatic rings. The van der Waals surface area contributed by atoms with Crippen molar-refractivity contribution in [3.63, 3.8) is 0 Å². The molecule has 22 heavy (non-hydrogen) atoms. The van der Waals surface area contributed by atoms with Crippen LogP contribution in [0.5, 0.6) is 5.75 Å². The molecule has 0 aliphatic carbocycles. The van der Waals surface area contributed by atoms with E-state index in [-0.39, 0.29) is 17.4 Å². The minimum atomic E-state index is -2.88. The largest absolute Gasteiger partial charge is 0.493 e. The zero-order valence-electron chi connectivity index (χ0n) is 12.5. The minimum Gasteiger partial charge on any atom is -0.493 e. The number of hydrogen-bond acceptors (Lipinski definition) is 5. The number of thiazole rings is 1. The molecule has 1 unspecified atom stereocenters. The molecule has 0 N–H and O–H groups in total. The monoisotopic (exact) mass is 337 g/mol. The summed E-state index contributed by atoms with van der Waals surface area (Å²) in [5, 5.41) is 2.88. The predicted molar refractivity (Wildman–Crippen MR) is 89.3 cm³/mol. The summed E-state index contributed by atoms with van der Waals surface area (Å²) in [4.78, 5) is 4.67. The average molecular weight is 337 g/mol. The molecule has 1 atom stereocenters. The highest BCUT2D eigenvalue weighted by molar-refractivity contribution is 7.91. The molecule has 0 bridgehead atoms. The molecule has 0 amide bonds. The van der Waals surface area contributed by atoms with Crippen LogP contribution in [0, 0.1) is 0 Å². The Kier molecular flexibility index (Phi) is 4.49. The standard InChI is InChI=1S/C16H19NO3S2/c1-2-8-20-15-6-4-3-5-13(15)16-17-14(10-21-16)12-7-9-22(18,19)11-12/h3-6,10,12H,2,7-9,11H2,1H3. The summed E-state index contributed by atoms with van der Waals surface area (Å²) in [6, 6.07) is 7.87. The molecule has 1 fully saturated rings. The van der Waals surface area contributed by atoms with E-state index in [9.17, 15) is 8.42 Å². The SMILES string of the molecule is CCCOc1ccccc1-c1nc(C2CCS(=O)(=O)C2)cs1. The normalized spacial score (nSPS) is 20.1. The highest BCUT2D eigenvalue weighted by Crippen LogP contribution is 2.36. The fraction of sp³-hybridized carbons (Fsp3) is 0.438. The summed E-state index contributed by atoms with van der Waals surface area (Å²) in [7, 11) is -2.88. The Morgan fingerprint density at radius 2 is 2.18 bits per heavy atom. The van der Waals surface area contributed by atoms with Gasteiger partial charge in [0.05, 0.1) is 29.4 Å². The Hall–Kier alpha value is -1.40. The van der Waals surface area contributed by atoms with Crippen molar-refractivity contribution in [2.45, 2.75) is 25.7 Å². The van der Waals surface area contributed by atoms with Gasteiger partial charge in [0.1, 0.15) is 10.8 Å². The van der Waals surface area contributed by atoms with Crippen LogP contribution in [0.1, 0.15) is 31.4 Å². The molecule has 0 radical (unpaired) electrons. The second kappa shape index (κ2) is 6.38. The Labute approximate surface area is 135 Å². The average Bonchev–Trinajstić information content (AvgIpc) is 3.12. The van der Waals surface area contributed by atoms with Gasteiger partial charge < -0.3 is 4.74 Å². The van der Waals surface area contributed by atoms with Gasteiger partial charge in [-0.15, -0.1) is 11.3 Å². The Morgan fingerprint density at radius 1 is 1.36 bits per heavy atom. The van der Waals surface area contributed by atoms with Crippen molar-refractivity contribution in [1.29, 1.82) is 0 Å². The Bertz CT molecular complexity index is 752. The van der Waals surface area contributed by atoms with Gasteiger partial charge in [-0.05, 0) is 25.0 Å². The maximum absolute atomic E-state index is 11.6. The van der Waals surface area contributed by atoms with E-state index in [1.165, 1.54) is 0 Å². The molecule has 0 spiro atoms. The van der Waals surface area contributed by atoms with Crippen molar-refractivity contribution in [2.24, 2.45) is 0 Å². The lowest BCUT2D eigenvalue weighted by atomic mass is 10.1. The number of para-hydroxylation sites is 1. The van der Waals surface area contributed by atoms with Crippen LogP contribution in [-0.4, -0.2) is 31.5 Å². The summed E-state index contributed by atoms with van der Waals surface area (Å²) in [5.74, 6) is 1.38. The third kappa shape index (κ3) is 3.33. The first-order valence-electron chi connectivity index (χ1n) is 7.47. The van der Waals surface area contributed by atoms with E-state index in [2.05, 4.69) is 11.9 Å². The van der Waals surface area contributed by atoms with Crippen molar-refractivity contribution >= 4 is 21.2 Å². The zero-order chi connectivity index (χ0) is 15.6. The Balaban J connectivity index is 1.85. The lowest BCUT2D eigenvalue weighted by Crippen LogP contribution is -2.04. The molecular weight excluding hydrogens is 318 g/mol. The molecule has 118 valence electrons. The second-order valence-electron chi connectivity index (χ2n) is 5.52. The molecule has 2 heterocycles. The van der Waals surface area contributed by atoms with Gasteiger partial charge in [0, 0.05) is 11.3 Å². The summed E-state index contributed by atoms with van der Waals surface area (Å²) in [6.07, 6.45) is 1.64. The van der Waals surface area contributed by atoms with Gasteiger partial charge in [-0.3, -0.25) is 0 Å². The van der Waals surface area contributed by atoms with E-state index in [0.717, 1.165) is 28.4 Å². The summed E-state index contributed by atoms with van der Waals surface area (Å²) < 4.78 is 29.0. The summed E-state index contributed by atoms with van der Waals surface area (Å²) >= 11 is 1.55. The van der Waals surface area contributed by atoms with E-state index >= 15 is 0 Å². The van der Waals surface area contributed by atoms with Gasteiger partial charge >= 0.3 is 0 Å². The topological polar surface area (TPSA) is 56.3 Å². The van der Waals surface area contributed by atoms with Crippen molar-refractivity contribution < 1.29 is 13.2 Å². The van der Waals surface area contributed by atoms with E-state index in [1.807, 2.05) is 29.6 Å². The molecule has 0 saturated carbocycles. The van der Waals surface area contributed by atoms with Gasteiger partial charge in [0.2, 0.25) is 0 Å². The third-order valence-electron chi connectivity index (χ3n) is 3.75. The number of aromatic nitrogens is 1. The minimum absolute atomic E-state index is 0.0405. The van der Waals surface area contributed by atoms with Crippen LogP contribution in [0.4, 0.5) is 0 Å². The number of hydrogen-bond donors (Lipinski definition) is 0. The zero-order valence-corrected chi connectivity index (χ0v) is 14.1. The molecule has 1 saturated heterocycles. The van der Waals surface area contributed by atoms with Crippen LogP contribution in [0.3, 0.4) is 0 Å². The maximum atomic E-state index is 11.6. The van der Waals surface area contributed by atoms with Crippen LogP contribution >= 0.6 is 11.3 Å². The molecule has 3 rings (SSSR count). The van der Waals surface area contributed by atoms with Gasteiger partial charge in [-0.25, -0.2) is 13.4 Å². The quantitative estimate of drug-likeness (QED) is 0.838. The van der Waals surface area contributed by atoms with Gasteiger partial charge in [0.15, 0.2) is 9.84 Å². The van der Waals surface area contributed by atoms with Crippen molar-refractivity contribution in [3.8, 4) is 16.3 Å². The van der Waals surface area contributed by atoms with Crippen LogP contribution in [0.15, 0.2) is 29.6 Å². The summed E-state index contributed by atoms with van der Waals surface area (Å²) in [5.41, 5.74) is 1.87. The maximum Gasteiger partial charge on any atom is 0.151 e. The van der Waals surface area contributed by atoms with E-state index < -0.39 is 9.84 Å². The molecule has 1 aromatic carbocycles. The van der Waals surface area contributed by atoms with Crippen LogP contribution in [0.2, 0.25) is 0 Å². The number of sulfone groups is 1. The fourth-order valence-electron chi connectivity index (χ4n) is 2.61. The van der Waals surface area contributed by atoms with Crippen molar-refractivity contribution in [1.82, 2.24) is 4.98 Å². The predicted octanol–water partition coefficient (Wildman–Crippen LogP) is 3.50. The number of rotatable bonds is 5. The summed E-state index contributed by atoms with van der Waals surface area (Å²) in [6.45, 7) is 2.75. The van der Waals surface area contributed by atoms with E-state index in [1.54, 1.807) is 11.3 Å². The highest BCUT2D eigenvalue weighted by atomic mass is 32.2. The second-order valence-corrected chi connectivity index (χ2v) is 8.61. The molecule has 6 heteroatoms. The first-order chi connectivity index (χ1) is 10.6. The first-order valence-corrected chi connectivity index (χ1v) is 10.2. The molecule has 1 aliphatic heterocycles. The first kappa shape index (κ1) is 15.5.